The van der Waals surface area contributed by atoms with E-state index in [0.29, 0.717) is 11.7 Å². The van der Waals surface area contributed by atoms with Crippen LogP contribution >= 0.6 is 12.2 Å². The van der Waals surface area contributed by atoms with E-state index in [9.17, 15) is 4.39 Å². The molecule has 1 N–H and O–H groups in total. The number of benzene rings is 2. The highest BCUT2D eigenvalue weighted by atomic mass is 32.1. The molecule has 1 aromatic heterocycles. The maximum Gasteiger partial charge on any atom is 0.173 e. The lowest BCUT2D eigenvalue weighted by Gasteiger charge is -2.36. The minimum Gasteiger partial charge on any atom is -0.346 e. The molecule has 1 aliphatic heterocycles. The van der Waals surface area contributed by atoms with E-state index in [4.69, 9.17) is 12.2 Å². The smallest absolute Gasteiger partial charge is 0.173 e. The number of nitrogens with zero attached hydrogens (tertiary/aromatic N) is 4. The zero-order valence-electron chi connectivity index (χ0n) is 17.1. The van der Waals surface area contributed by atoms with E-state index < -0.39 is 0 Å². The lowest BCUT2D eigenvalue weighted by molar-refractivity contribution is 0.175. The molecule has 0 aliphatic carbocycles. The van der Waals surface area contributed by atoms with E-state index >= 15 is 0 Å². The number of hydrogen-bond acceptors (Lipinski definition) is 3. The Balaban J connectivity index is 1.26. The summed E-state index contributed by atoms with van der Waals surface area (Å²) in [5.41, 5.74) is 4.10. The van der Waals surface area contributed by atoms with E-state index in [0.717, 1.165) is 44.0 Å². The van der Waals surface area contributed by atoms with Gasteiger partial charge in [0.05, 0.1) is 18.4 Å². The van der Waals surface area contributed by atoms with E-state index in [1.807, 2.05) is 23.0 Å². The van der Waals surface area contributed by atoms with Crippen molar-refractivity contribution < 1.29 is 4.39 Å². The third-order valence-electron chi connectivity index (χ3n) is 5.36. The maximum atomic E-state index is 13.9. The summed E-state index contributed by atoms with van der Waals surface area (Å²) in [5.74, 6) is -0.139. The van der Waals surface area contributed by atoms with Gasteiger partial charge >= 0.3 is 0 Å². The van der Waals surface area contributed by atoms with E-state index in [1.165, 1.54) is 17.2 Å². The van der Waals surface area contributed by atoms with Gasteiger partial charge in [0.25, 0.3) is 0 Å². The molecule has 156 valence electrons. The monoisotopic (exact) mass is 423 g/mol. The summed E-state index contributed by atoms with van der Waals surface area (Å²) in [6.45, 7) is 6.78. The predicted molar refractivity (Wildman–Crippen MR) is 122 cm³/mol. The van der Waals surface area contributed by atoms with Gasteiger partial charge in [0.15, 0.2) is 5.11 Å². The van der Waals surface area contributed by atoms with E-state index in [-0.39, 0.29) is 5.82 Å². The quantitative estimate of drug-likeness (QED) is 0.630. The van der Waals surface area contributed by atoms with Crippen LogP contribution in [0.3, 0.4) is 0 Å². The highest BCUT2D eigenvalue weighted by Gasteiger charge is 2.20. The van der Waals surface area contributed by atoms with Crippen LogP contribution in [0.4, 0.5) is 10.1 Å². The molecule has 3 aromatic rings. The van der Waals surface area contributed by atoms with Crippen molar-refractivity contribution in [3.8, 4) is 0 Å². The van der Waals surface area contributed by atoms with Crippen molar-refractivity contribution >= 4 is 23.0 Å². The topological polar surface area (TPSA) is 36.3 Å². The molecule has 4 rings (SSSR count). The van der Waals surface area contributed by atoms with Gasteiger partial charge in [-0.3, -0.25) is 9.58 Å². The minimum absolute atomic E-state index is 0.139. The van der Waals surface area contributed by atoms with Crippen LogP contribution in [0.15, 0.2) is 60.9 Å². The third-order valence-corrected chi connectivity index (χ3v) is 5.72. The minimum atomic E-state index is -0.139. The highest BCUT2D eigenvalue weighted by molar-refractivity contribution is 7.80. The lowest BCUT2D eigenvalue weighted by Crippen LogP contribution is -2.49. The average molecular weight is 424 g/mol. The fraction of sp³-hybridized carbons (Fsp3) is 0.304. The lowest BCUT2D eigenvalue weighted by atomic mass is 10.1. The Bertz CT molecular complexity index is 993. The summed E-state index contributed by atoms with van der Waals surface area (Å²) in [6, 6.07) is 15.4. The average Bonchev–Trinajstić information content (AvgIpc) is 3.18. The Hall–Kier alpha value is -2.77. The van der Waals surface area contributed by atoms with Crippen molar-refractivity contribution in [2.45, 2.75) is 20.0 Å². The van der Waals surface area contributed by atoms with Gasteiger partial charge in [0, 0.05) is 44.5 Å². The van der Waals surface area contributed by atoms with Gasteiger partial charge < -0.3 is 10.2 Å². The Morgan fingerprint density at radius 3 is 2.50 bits per heavy atom. The first-order valence-electron chi connectivity index (χ1n) is 10.2. The summed E-state index contributed by atoms with van der Waals surface area (Å²) in [4.78, 5) is 4.42. The number of aryl methyl sites for hydroxylation is 1. The molecule has 0 atom stereocenters. The summed E-state index contributed by atoms with van der Waals surface area (Å²) in [5, 5.41) is 8.43. The van der Waals surface area contributed by atoms with Crippen LogP contribution in [0.2, 0.25) is 0 Å². The summed E-state index contributed by atoms with van der Waals surface area (Å²) in [7, 11) is 0. The molecule has 1 fully saturated rings. The molecule has 1 aliphatic rings. The number of nitrogens with one attached hydrogen (secondary N) is 1. The Kier molecular flexibility index (Phi) is 6.40. The van der Waals surface area contributed by atoms with Crippen molar-refractivity contribution in [2.24, 2.45) is 0 Å². The van der Waals surface area contributed by atoms with Crippen molar-refractivity contribution in [1.29, 1.82) is 0 Å². The molecular formula is C23H26FN5S. The molecule has 0 spiro atoms. The molecule has 0 amide bonds. The second-order valence-electron chi connectivity index (χ2n) is 7.70. The molecule has 30 heavy (non-hydrogen) atoms. The van der Waals surface area contributed by atoms with Crippen LogP contribution in [-0.4, -0.2) is 50.9 Å². The van der Waals surface area contributed by atoms with Gasteiger partial charge in [-0.05, 0) is 30.8 Å². The molecule has 7 heteroatoms. The highest BCUT2D eigenvalue weighted by Crippen LogP contribution is 2.14. The van der Waals surface area contributed by atoms with Gasteiger partial charge in [-0.25, -0.2) is 4.39 Å². The molecule has 0 bridgehead atoms. The Labute approximate surface area is 182 Å². The van der Waals surface area contributed by atoms with Gasteiger partial charge in [-0.15, -0.1) is 0 Å². The summed E-state index contributed by atoms with van der Waals surface area (Å²) in [6.07, 6.45) is 3.77. The second-order valence-corrected chi connectivity index (χ2v) is 8.08. The molecule has 0 radical (unpaired) electrons. The fourth-order valence-corrected chi connectivity index (χ4v) is 3.87. The number of thiocarbonyl (C=S) groups is 1. The first kappa shape index (κ1) is 20.5. The Morgan fingerprint density at radius 2 is 1.77 bits per heavy atom. The van der Waals surface area contributed by atoms with Crippen LogP contribution in [0.25, 0.3) is 0 Å². The number of hydrogen-bond donors (Lipinski definition) is 1. The largest absolute Gasteiger partial charge is 0.346 e. The maximum absolute atomic E-state index is 13.9. The van der Waals surface area contributed by atoms with Crippen molar-refractivity contribution in [3.05, 3.63) is 83.4 Å². The number of halogens is 1. The standard InChI is InChI=1S/C23H26FN5S/c1-18-6-8-19(9-7-18)15-29-17-21(14-25-29)26-23(30)28-12-10-27(11-13-28)16-20-4-2-3-5-22(20)24/h2-9,14,17H,10-13,15-16H2,1H3,(H,26,30). The summed E-state index contributed by atoms with van der Waals surface area (Å²) >= 11 is 5.60. The van der Waals surface area contributed by atoms with Gasteiger partial charge in [0.1, 0.15) is 5.82 Å². The summed E-state index contributed by atoms with van der Waals surface area (Å²) < 4.78 is 15.8. The molecule has 2 aromatic carbocycles. The van der Waals surface area contributed by atoms with Gasteiger partial charge in [-0.2, -0.15) is 5.10 Å². The SMILES string of the molecule is Cc1ccc(Cn2cc(NC(=S)N3CCN(Cc4ccccc4F)CC3)cn2)cc1. The fourth-order valence-electron chi connectivity index (χ4n) is 3.57. The molecule has 2 heterocycles. The van der Waals surface area contributed by atoms with Crippen LogP contribution < -0.4 is 5.32 Å². The van der Waals surface area contributed by atoms with Crippen LogP contribution in [0.1, 0.15) is 16.7 Å². The second kappa shape index (κ2) is 9.36. The first-order valence-corrected chi connectivity index (χ1v) is 10.6. The molecule has 0 saturated carbocycles. The van der Waals surface area contributed by atoms with E-state index in [2.05, 4.69) is 51.4 Å². The first-order chi connectivity index (χ1) is 14.6. The van der Waals surface area contributed by atoms with Crippen molar-refractivity contribution in [1.82, 2.24) is 19.6 Å². The zero-order valence-corrected chi connectivity index (χ0v) is 17.9. The normalized spacial score (nSPS) is 14.7. The van der Waals surface area contributed by atoms with Crippen LogP contribution in [0.5, 0.6) is 0 Å². The van der Waals surface area contributed by atoms with Gasteiger partial charge in [-0.1, -0.05) is 48.0 Å². The van der Waals surface area contributed by atoms with Crippen molar-refractivity contribution in [2.75, 3.05) is 31.5 Å². The third kappa shape index (κ3) is 5.23. The number of rotatable bonds is 5. The van der Waals surface area contributed by atoms with Crippen molar-refractivity contribution in [3.63, 3.8) is 0 Å². The predicted octanol–water partition coefficient (Wildman–Crippen LogP) is 3.89. The van der Waals surface area contributed by atoms with Crippen LogP contribution in [-0.2, 0) is 13.1 Å². The van der Waals surface area contributed by atoms with Crippen LogP contribution in [0, 0.1) is 12.7 Å². The molecule has 1 saturated heterocycles. The number of aromatic nitrogens is 2. The molecule has 0 unspecified atom stereocenters. The molecular weight excluding hydrogens is 397 g/mol. The number of piperazine rings is 1. The van der Waals surface area contributed by atoms with Gasteiger partial charge in [0.2, 0.25) is 0 Å². The zero-order chi connectivity index (χ0) is 20.9. The molecule has 5 nitrogen and oxygen atoms in total. The number of anilines is 1. The van der Waals surface area contributed by atoms with E-state index in [1.54, 1.807) is 12.3 Å². The Morgan fingerprint density at radius 1 is 1.03 bits per heavy atom.